The summed E-state index contributed by atoms with van der Waals surface area (Å²) in [6.45, 7) is 10.5. The summed E-state index contributed by atoms with van der Waals surface area (Å²) in [5.74, 6) is 3.00. The van der Waals surface area contributed by atoms with Crippen LogP contribution in [0.5, 0.6) is 0 Å². The van der Waals surface area contributed by atoms with Crippen molar-refractivity contribution in [3.63, 3.8) is 0 Å². The lowest BCUT2D eigenvalue weighted by Crippen LogP contribution is -2.31. The molecule has 0 radical (unpaired) electrons. The van der Waals surface area contributed by atoms with E-state index in [1.165, 1.54) is 25.3 Å². The fraction of sp³-hybridized carbons (Fsp3) is 0.786. The highest BCUT2D eigenvalue weighted by atomic mass is 16.1. The maximum absolute atomic E-state index is 11.4. The van der Waals surface area contributed by atoms with Crippen LogP contribution in [0.3, 0.4) is 0 Å². The molecule has 1 saturated carbocycles. The number of carbonyl (C=O) groups is 1. The van der Waals surface area contributed by atoms with Crippen molar-refractivity contribution in [1.82, 2.24) is 0 Å². The van der Waals surface area contributed by atoms with Crippen molar-refractivity contribution in [2.45, 2.75) is 46.5 Å². The van der Waals surface area contributed by atoms with Gasteiger partial charge in [0.15, 0.2) is 5.78 Å². The van der Waals surface area contributed by atoms with Crippen LogP contribution in [0.25, 0.3) is 0 Å². The zero-order chi connectivity index (χ0) is 11.4. The lowest BCUT2D eigenvalue weighted by molar-refractivity contribution is -0.116. The van der Waals surface area contributed by atoms with Gasteiger partial charge in [-0.25, -0.2) is 0 Å². The van der Waals surface area contributed by atoms with Crippen LogP contribution in [-0.2, 0) is 4.79 Å². The first-order valence-electron chi connectivity index (χ1n) is 6.21. The van der Waals surface area contributed by atoms with Gasteiger partial charge in [-0.2, -0.15) is 0 Å². The molecule has 86 valence electrons. The standard InChI is InChI=1S/C14H24O/c1-5-13(15)9-12(4)14-10(2)7-6-8-11(14)3/h5,10-12,14H,1,6-9H2,2-4H3. The number of allylic oxidation sites excluding steroid dienone is 1. The summed E-state index contributed by atoms with van der Waals surface area (Å²) in [7, 11) is 0. The molecule has 15 heavy (non-hydrogen) atoms. The fourth-order valence-corrected chi connectivity index (χ4v) is 3.37. The maximum atomic E-state index is 11.4. The van der Waals surface area contributed by atoms with Gasteiger partial charge in [-0.1, -0.05) is 46.6 Å². The first-order chi connectivity index (χ1) is 7.06. The van der Waals surface area contributed by atoms with Gasteiger partial charge < -0.3 is 0 Å². The van der Waals surface area contributed by atoms with E-state index < -0.39 is 0 Å². The third-order valence-corrected chi connectivity index (χ3v) is 4.04. The highest BCUT2D eigenvalue weighted by molar-refractivity contribution is 5.89. The van der Waals surface area contributed by atoms with Crippen molar-refractivity contribution >= 4 is 5.78 Å². The van der Waals surface area contributed by atoms with E-state index in [0.29, 0.717) is 12.3 Å². The van der Waals surface area contributed by atoms with Crippen molar-refractivity contribution in [1.29, 1.82) is 0 Å². The molecule has 0 aromatic carbocycles. The molecule has 1 nitrogen and oxygen atoms in total. The quantitative estimate of drug-likeness (QED) is 0.641. The van der Waals surface area contributed by atoms with Gasteiger partial charge in [0, 0.05) is 6.42 Å². The van der Waals surface area contributed by atoms with Crippen LogP contribution >= 0.6 is 0 Å². The molecular weight excluding hydrogens is 184 g/mol. The van der Waals surface area contributed by atoms with Gasteiger partial charge >= 0.3 is 0 Å². The van der Waals surface area contributed by atoms with Gasteiger partial charge in [-0.15, -0.1) is 0 Å². The Morgan fingerprint density at radius 1 is 1.40 bits per heavy atom. The lowest BCUT2D eigenvalue weighted by atomic mass is 9.67. The molecular formula is C14H24O. The van der Waals surface area contributed by atoms with Gasteiger partial charge in [-0.3, -0.25) is 4.79 Å². The molecule has 0 aliphatic heterocycles. The second kappa shape index (κ2) is 5.48. The first kappa shape index (κ1) is 12.5. The second-order valence-corrected chi connectivity index (χ2v) is 5.31. The topological polar surface area (TPSA) is 17.1 Å². The van der Waals surface area contributed by atoms with E-state index >= 15 is 0 Å². The minimum absolute atomic E-state index is 0.201. The largest absolute Gasteiger partial charge is 0.295 e. The lowest BCUT2D eigenvalue weighted by Gasteiger charge is -2.38. The number of hydrogen-bond acceptors (Lipinski definition) is 1. The van der Waals surface area contributed by atoms with E-state index in [1.807, 2.05) is 0 Å². The van der Waals surface area contributed by atoms with Crippen LogP contribution in [-0.4, -0.2) is 5.78 Å². The monoisotopic (exact) mass is 208 g/mol. The van der Waals surface area contributed by atoms with Crippen LogP contribution in [0.15, 0.2) is 12.7 Å². The number of rotatable bonds is 4. The maximum Gasteiger partial charge on any atom is 0.155 e. The first-order valence-corrected chi connectivity index (χ1v) is 6.21. The molecule has 0 bridgehead atoms. The zero-order valence-electron chi connectivity index (χ0n) is 10.3. The Bertz CT molecular complexity index is 221. The van der Waals surface area contributed by atoms with E-state index in [-0.39, 0.29) is 5.78 Å². The average Bonchev–Trinajstić information content (AvgIpc) is 2.17. The summed E-state index contributed by atoms with van der Waals surface area (Å²) in [5, 5.41) is 0. The van der Waals surface area contributed by atoms with Crippen molar-refractivity contribution in [2.75, 3.05) is 0 Å². The van der Waals surface area contributed by atoms with Crippen molar-refractivity contribution in [3.05, 3.63) is 12.7 Å². The molecule has 1 aliphatic carbocycles. The summed E-state index contributed by atoms with van der Waals surface area (Å²) >= 11 is 0. The smallest absolute Gasteiger partial charge is 0.155 e. The Kier molecular flexibility index (Phi) is 4.56. The normalized spacial score (nSPS) is 33.4. The molecule has 1 heteroatoms. The van der Waals surface area contributed by atoms with Crippen LogP contribution in [0, 0.1) is 23.7 Å². The Labute approximate surface area is 93.9 Å². The molecule has 0 aromatic heterocycles. The molecule has 3 atom stereocenters. The van der Waals surface area contributed by atoms with Crippen molar-refractivity contribution < 1.29 is 4.79 Å². The van der Waals surface area contributed by atoms with E-state index in [9.17, 15) is 4.79 Å². The van der Waals surface area contributed by atoms with Crippen LogP contribution in [0.1, 0.15) is 46.5 Å². The molecule has 3 unspecified atom stereocenters. The van der Waals surface area contributed by atoms with Crippen molar-refractivity contribution in [3.8, 4) is 0 Å². The molecule has 0 saturated heterocycles. The van der Waals surface area contributed by atoms with Gasteiger partial charge in [0.1, 0.15) is 0 Å². The predicted molar refractivity (Wildman–Crippen MR) is 64.7 cm³/mol. The van der Waals surface area contributed by atoms with Crippen molar-refractivity contribution in [2.24, 2.45) is 23.7 Å². The molecule has 1 aliphatic rings. The highest BCUT2D eigenvalue weighted by Crippen LogP contribution is 2.40. The Hall–Kier alpha value is -0.590. The van der Waals surface area contributed by atoms with Gasteiger partial charge in [-0.05, 0) is 29.7 Å². The molecule has 0 N–H and O–H groups in total. The van der Waals surface area contributed by atoms with E-state index in [4.69, 9.17) is 0 Å². The molecule has 0 amide bonds. The predicted octanol–water partition coefficient (Wildman–Crippen LogP) is 3.84. The van der Waals surface area contributed by atoms with E-state index in [1.54, 1.807) is 0 Å². The highest BCUT2D eigenvalue weighted by Gasteiger charge is 2.32. The Morgan fingerprint density at radius 2 is 1.93 bits per heavy atom. The molecule has 1 fully saturated rings. The minimum atomic E-state index is 0.201. The van der Waals surface area contributed by atoms with Gasteiger partial charge in [0.2, 0.25) is 0 Å². The molecule has 0 aromatic rings. The number of hydrogen-bond donors (Lipinski definition) is 0. The summed E-state index contributed by atoms with van der Waals surface area (Å²) < 4.78 is 0. The van der Waals surface area contributed by atoms with Crippen LogP contribution < -0.4 is 0 Å². The Balaban J connectivity index is 2.58. The van der Waals surface area contributed by atoms with E-state index in [2.05, 4.69) is 27.4 Å². The van der Waals surface area contributed by atoms with Gasteiger partial charge in [0.05, 0.1) is 0 Å². The minimum Gasteiger partial charge on any atom is -0.295 e. The fourth-order valence-electron chi connectivity index (χ4n) is 3.37. The van der Waals surface area contributed by atoms with Crippen LogP contribution in [0.4, 0.5) is 0 Å². The summed E-state index contributed by atoms with van der Waals surface area (Å²) in [5.41, 5.74) is 0. The third-order valence-electron chi connectivity index (χ3n) is 4.04. The summed E-state index contributed by atoms with van der Waals surface area (Å²) in [4.78, 5) is 11.4. The summed E-state index contributed by atoms with van der Waals surface area (Å²) in [6.07, 6.45) is 6.18. The van der Waals surface area contributed by atoms with E-state index in [0.717, 1.165) is 17.8 Å². The molecule has 0 heterocycles. The zero-order valence-corrected chi connectivity index (χ0v) is 10.3. The van der Waals surface area contributed by atoms with Gasteiger partial charge in [0.25, 0.3) is 0 Å². The van der Waals surface area contributed by atoms with Crippen LogP contribution in [0.2, 0.25) is 0 Å². The Morgan fingerprint density at radius 3 is 2.40 bits per heavy atom. The SMILES string of the molecule is C=CC(=O)CC(C)C1C(C)CCCC1C. The number of carbonyl (C=O) groups excluding carboxylic acids is 1. The second-order valence-electron chi connectivity index (χ2n) is 5.31. The molecule has 0 spiro atoms. The molecule has 1 rings (SSSR count). The average molecular weight is 208 g/mol. The number of ketones is 1. The third kappa shape index (κ3) is 3.19. The summed E-state index contributed by atoms with van der Waals surface area (Å²) in [6, 6.07) is 0.